The molecule has 1 amide bonds. The van der Waals surface area contributed by atoms with Crippen LogP contribution in [0, 0.1) is 5.82 Å². The van der Waals surface area contributed by atoms with E-state index < -0.39 is 30.9 Å². The van der Waals surface area contributed by atoms with Gasteiger partial charge in [0.2, 0.25) is 5.78 Å². The number of ketones is 1. The fourth-order valence-electron chi connectivity index (χ4n) is 2.44. The number of rotatable bonds is 8. The SMILES string of the molecule is O=C(COc1ccccc1C(=O)OCC(=O)c1ccc[nH]1)Nc1ccccc1F. The average molecular weight is 396 g/mol. The van der Waals surface area contributed by atoms with Crippen molar-refractivity contribution in [1.29, 1.82) is 0 Å². The Morgan fingerprint density at radius 3 is 2.45 bits per heavy atom. The molecule has 0 unspecified atom stereocenters. The van der Waals surface area contributed by atoms with Crippen molar-refractivity contribution in [3.63, 3.8) is 0 Å². The van der Waals surface area contributed by atoms with E-state index in [0.29, 0.717) is 5.69 Å². The molecule has 1 heterocycles. The van der Waals surface area contributed by atoms with Crippen molar-refractivity contribution >= 4 is 23.3 Å². The van der Waals surface area contributed by atoms with Gasteiger partial charge in [-0.1, -0.05) is 24.3 Å². The Morgan fingerprint density at radius 2 is 1.69 bits per heavy atom. The molecule has 8 heteroatoms. The minimum absolute atomic E-state index is 0.0247. The summed E-state index contributed by atoms with van der Waals surface area (Å²) >= 11 is 0. The molecular formula is C21H17FN2O5. The smallest absolute Gasteiger partial charge is 0.342 e. The van der Waals surface area contributed by atoms with Crippen LogP contribution in [0.25, 0.3) is 0 Å². The van der Waals surface area contributed by atoms with Crippen LogP contribution in [-0.2, 0) is 9.53 Å². The van der Waals surface area contributed by atoms with E-state index in [0.717, 1.165) is 0 Å². The molecule has 0 atom stereocenters. The molecule has 2 aromatic carbocycles. The molecule has 0 aliphatic carbocycles. The second-order valence-corrected chi connectivity index (χ2v) is 5.90. The quantitative estimate of drug-likeness (QED) is 0.450. The number of halogens is 1. The van der Waals surface area contributed by atoms with Gasteiger partial charge in [-0.15, -0.1) is 0 Å². The zero-order chi connectivity index (χ0) is 20.6. The zero-order valence-corrected chi connectivity index (χ0v) is 15.2. The first-order valence-electron chi connectivity index (χ1n) is 8.64. The normalized spacial score (nSPS) is 10.2. The minimum atomic E-state index is -0.769. The van der Waals surface area contributed by atoms with Crippen molar-refractivity contribution < 1.29 is 28.2 Å². The van der Waals surface area contributed by atoms with Gasteiger partial charge in [0.15, 0.2) is 13.2 Å². The number of aromatic amines is 1. The van der Waals surface area contributed by atoms with E-state index in [1.54, 1.807) is 36.5 Å². The summed E-state index contributed by atoms with van der Waals surface area (Å²) in [6.07, 6.45) is 1.59. The summed E-state index contributed by atoms with van der Waals surface area (Å²) in [6.45, 7) is -0.887. The highest BCUT2D eigenvalue weighted by Gasteiger charge is 2.17. The predicted octanol–water partition coefficient (Wildman–Crippen LogP) is 3.21. The number of hydrogen-bond donors (Lipinski definition) is 2. The summed E-state index contributed by atoms with van der Waals surface area (Å²) in [5.41, 5.74) is 0.411. The van der Waals surface area contributed by atoms with E-state index in [1.807, 2.05) is 0 Å². The number of esters is 1. The molecule has 0 bridgehead atoms. The highest BCUT2D eigenvalue weighted by molar-refractivity contribution is 5.99. The molecule has 0 spiro atoms. The molecule has 148 valence electrons. The van der Waals surface area contributed by atoms with Crippen LogP contribution in [0.15, 0.2) is 66.9 Å². The first-order chi connectivity index (χ1) is 14.0. The van der Waals surface area contributed by atoms with Crippen molar-refractivity contribution in [2.45, 2.75) is 0 Å². The van der Waals surface area contributed by atoms with Gasteiger partial charge in [-0.25, -0.2) is 9.18 Å². The van der Waals surface area contributed by atoms with Gasteiger partial charge in [0.1, 0.15) is 17.1 Å². The zero-order valence-electron chi connectivity index (χ0n) is 15.2. The molecule has 3 rings (SSSR count). The van der Waals surface area contributed by atoms with Gasteiger partial charge >= 0.3 is 5.97 Å². The van der Waals surface area contributed by atoms with E-state index in [-0.39, 0.29) is 22.8 Å². The third-order valence-corrected chi connectivity index (χ3v) is 3.85. The standard InChI is InChI=1S/C21H17FN2O5/c22-15-7-2-3-8-16(15)24-20(26)13-28-19-10-4-1-6-14(19)21(27)29-12-18(25)17-9-5-11-23-17/h1-11,23H,12-13H2,(H,24,26). The molecule has 7 nitrogen and oxygen atoms in total. The number of aromatic nitrogens is 1. The topological polar surface area (TPSA) is 97.5 Å². The summed E-state index contributed by atoms with van der Waals surface area (Å²) in [6, 6.07) is 15.1. The van der Waals surface area contributed by atoms with Crippen LogP contribution in [-0.4, -0.2) is 35.9 Å². The first-order valence-corrected chi connectivity index (χ1v) is 8.64. The molecule has 3 aromatic rings. The van der Waals surface area contributed by atoms with Crippen molar-refractivity contribution in [3.8, 4) is 5.75 Å². The lowest BCUT2D eigenvalue weighted by molar-refractivity contribution is -0.118. The number of H-pyrrole nitrogens is 1. The lowest BCUT2D eigenvalue weighted by Gasteiger charge is -2.11. The predicted molar refractivity (Wildman–Crippen MR) is 102 cm³/mol. The van der Waals surface area contributed by atoms with E-state index in [9.17, 15) is 18.8 Å². The van der Waals surface area contributed by atoms with Gasteiger partial charge in [0.05, 0.1) is 11.4 Å². The lowest BCUT2D eigenvalue weighted by Crippen LogP contribution is -2.22. The second kappa shape index (κ2) is 9.32. The number of Topliss-reactive ketones (excluding diaryl/α,β-unsaturated/α-hetero) is 1. The Balaban J connectivity index is 1.58. The highest BCUT2D eigenvalue weighted by atomic mass is 19.1. The Labute approximate surface area is 165 Å². The molecule has 0 aliphatic rings. The molecule has 1 aromatic heterocycles. The van der Waals surface area contributed by atoms with Gasteiger partial charge in [-0.05, 0) is 36.4 Å². The fourth-order valence-corrected chi connectivity index (χ4v) is 2.44. The van der Waals surface area contributed by atoms with E-state index in [2.05, 4.69) is 10.3 Å². The van der Waals surface area contributed by atoms with Crippen LogP contribution >= 0.6 is 0 Å². The van der Waals surface area contributed by atoms with Crippen LogP contribution in [0.5, 0.6) is 5.75 Å². The molecular weight excluding hydrogens is 379 g/mol. The van der Waals surface area contributed by atoms with Crippen molar-refractivity contribution in [3.05, 3.63) is 83.9 Å². The minimum Gasteiger partial charge on any atom is -0.483 e. The van der Waals surface area contributed by atoms with Crippen LogP contribution in [0.2, 0.25) is 0 Å². The second-order valence-electron chi connectivity index (χ2n) is 5.90. The van der Waals surface area contributed by atoms with Gasteiger partial charge in [-0.3, -0.25) is 9.59 Å². The average Bonchev–Trinajstić information content (AvgIpc) is 3.27. The molecule has 2 N–H and O–H groups in total. The molecule has 0 radical (unpaired) electrons. The van der Waals surface area contributed by atoms with E-state index >= 15 is 0 Å². The van der Waals surface area contributed by atoms with Gasteiger partial charge in [-0.2, -0.15) is 0 Å². The lowest BCUT2D eigenvalue weighted by atomic mass is 10.2. The van der Waals surface area contributed by atoms with Gasteiger partial charge in [0, 0.05) is 6.20 Å². The third kappa shape index (κ3) is 5.29. The van der Waals surface area contributed by atoms with Crippen molar-refractivity contribution in [1.82, 2.24) is 4.98 Å². The maximum Gasteiger partial charge on any atom is 0.342 e. The molecule has 0 fully saturated rings. The van der Waals surface area contributed by atoms with Crippen LogP contribution in [0.4, 0.5) is 10.1 Å². The number of nitrogens with one attached hydrogen (secondary N) is 2. The summed E-state index contributed by atoms with van der Waals surface area (Å²) in [5.74, 6) is -2.22. The Morgan fingerprint density at radius 1 is 0.931 bits per heavy atom. The maximum atomic E-state index is 13.6. The summed E-state index contributed by atoms with van der Waals surface area (Å²) < 4.78 is 24.0. The number of hydrogen-bond acceptors (Lipinski definition) is 5. The van der Waals surface area contributed by atoms with Crippen molar-refractivity contribution in [2.24, 2.45) is 0 Å². The molecule has 0 aliphatic heterocycles. The Bertz CT molecular complexity index is 1020. The van der Waals surface area contributed by atoms with E-state index in [4.69, 9.17) is 9.47 Å². The largest absolute Gasteiger partial charge is 0.483 e. The van der Waals surface area contributed by atoms with Gasteiger partial charge in [0.25, 0.3) is 5.91 Å². The van der Waals surface area contributed by atoms with Gasteiger partial charge < -0.3 is 19.8 Å². The number of carbonyl (C=O) groups is 3. The fraction of sp³-hybridized carbons (Fsp3) is 0.0952. The summed E-state index contributed by atoms with van der Waals surface area (Å²) in [5, 5.41) is 2.38. The maximum absolute atomic E-state index is 13.6. The van der Waals surface area contributed by atoms with Crippen molar-refractivity contribution in [2.75, 3.05) is 18.5 Å². The molecule has 29 heavy (non-hydrogen) atoms. The van der Waals surface area contributed by atoms with Crippen LogP contribution in [0.3, 0.4) is 0 Å². The number of carbonyl (C=O) groups excluding carboxylic acids is 3. The first kappa shape index (κ1) is 19.8. The third-order valence-electron chi connectivity index (χ3n) is 3.85. The summed E-state index contributed by atoms with van der Waals surface area (Å²) in [7, 11) is 0. The Hall–Kier alpha value is -3.94. The Kier molecular flexibility index (Phi) is 6.36. The monoisotopic (exact) mass is 396 g/mol. The molecule has 0 saturated carbocycles. The summed E-state index contributed by atoms with van der Waals surface area (Å²) in [4.78, 5) is 39.0. The van der Waals surface area contributed by atoms with E-state index in [1.165, 1.54) is 30.3 Å². The number of amides is 1. The van der Waals surface area contributed by atoms with Crippen LogP contribution in [0.1, 0.15) is 20.8 Å². The molecule has 0 saturated heterocycles. The number of anilines is 1. The highest BCUT2D eigenvalue weighted by Crippen LogP contribution is 2.19. The number of para-hydroxylation sites is 2. The number of benzene rings is 2. The van der Waals surface area contributed by atoms with Crippen LogP contribution < -0.4 is 10.1 Å². The number of ether oxygens (including phenoxy) is 2.